The monoisotopic (exact) mass is 248 g/mol. The van der Waals surface area contributed by atoms with E-state index in [1.807, 2.05) is 0 Å². The molecule has 1 aliphatic rings. The molecule has 0 saturated heterocycles. The lowest BCUT2D eigenvalue weighted by atomic mass is 10.3. The van der Waals surface area contributed by atoms with Gasteiger partial charge >= 0.3 is 6.18 Å². The van der Waals surface area contributed by atoms with Gasteiger partial charge in [-0.3, -0.25) is 4.90 Å². The third-order valence-corrected chi connectivity index (χ3v) is 2.82. The first-order valence-electron chi connectivity index (χ1n) is 5.74. The molecule has 7 heteroatoms. The van der Waals surface area contributed by atoms with Crippen LogP contribution in [0.5, 0.6) is 0 Å². The van der Waals surface area contributed by atoms with Crippen molar-refractivity contribution in [3.05, 3.63) is 11.6 Å². The lowest BCUT2D eigenvalue weighted by molar-refractivity contribution is -0.145. The highest BCUT2D eigenvalue weighted by atomic mass is 19.4. The number of fused-ring (bicyclic) bond motifs is 1. The summed E-state index contributed by atoms with van der Waals surface area (Å²) in [7, 11) is 0. The number of hydrogen-bond acceptors (Lipinski definition) is 3. The average Bonchev–Trinajstić information content (AvgIpc) is 2.68. The summed E-state index contributed by atoms with van der Waals surface area (Å²) in [6.45, 7) is 4.69. The Bertz CT molecular complexity index is 385. The van der Waals surface area contributed by atoms with Crippen molar-refractivity contribution >= 4 is 0 Å². The predicted octanol–water partition coefficient (Wildman–Crippen LogP) is 1.91. The summed E-state index contributed by atoms with van der Waals surface area (Å²) in [4.78, 5) is 5.68. The Labute approximate surface area is 97.4 Å². The Morgan fingerprint density at radius 1 is 1.29 bits per heavy atom. The van der Waals surface area contributed by atoms with E-state index in [2.05, 4.69) is 21.9 Å². The van der Waals surface area contributed by atoms with Crippen molar-refractivity contribution in [2.45, 2.75) is 39.0 Å². The Kier molecular flexibility index (Phi) is 3.37. The van der Waals surface area contributed by atoms with Gasteiger partial charge in [0.25, 0.3) is 5.82 Å². The van der Waals surface area contributed by atoms with Crippen molar-refractivity contribution in [1.29, 1.82) is 0 Å². The molecule has 4 nitrogen and oxygen atoms in total. The summed E-state index contributed by atoms with van der Waals surface area (Å²) >= 11 is 0. The molecule has 0 N–H and O–H groups in total. The first-order valence-corrected chi connectivity index (χ1v) is 5.74. The van der Waals surface area contributed by atoms with Crippen LogP contribution in [0.25, 0.3) is 0 Å². The zero-order valence-corrected chi connectivity index (χ0v) is 9.67. The first-order chi connectivity index (χ1) is 8.00. The van der Waals surface area contributed by atoms with Crippen molar-refractivity contribution in [3.63, 3.8) is 0 Å². The molecule has 0 aliphatic carbocycles. The Morgan fingerprint density at radius 3 is 2.71 bits per heavy atom. The van der Waals surface area contributed by atoms with Gasteiger partial charge in [0.05, 0.1) is 13.1 Å². The second-order valence-corrected chi connectivity index (χ2v) is 4.20. The fraction of sp³-hybridized carbons (Fsp3) is 0.800. The molecule has 2 heterocycles. The zero-order chi connectivity index (χ0) is 12.5. The van der Waals surface area contributed by atoms with Crippen molar-refractivity contribution in [1.82, 2.24) is 19.7 Å². The summed E-state index contributed by atoms with van der Waals surface area (Å²) in [6.07, 6.45) is -2.31. The topological polar surface area (TPSA) is 34.0 Å². The van der Waals surface area contributed by atoms with Crippen LogP contribution in [0.3, 0.4) is 0 Å². The highest BCUT2D eigenvalue weighted by Crippen LogP contribution is 2.27. The van der Waals surface area contributed by atoms with Crippen molar-refractivity contribution in [3.8, 4) is 0 Å². The summed E-state index contributed by atoms with van der Waals surface area (Å²) < 4.78 is 38.6. The van der Waals surface area contributed by atoms with Crippen LogP contribution in [0.1, 0.15) is 31.4 Å². The van der Waals surface area contributed by atoms with Crippen LogP contribution in [0.2, 0.25) is 0 Å². The van der Waals surface area contributed by atoms with Gasteiger partial charge in [-0.1, -0.05) is 13.3 Å². The maximum absolute atomic E-state index is 12.4. The van der Waals surface area contributed by atoms with Gasteiger partial charge in [-0.25, -0.2) is 9.67 Å². The minimum absolute atomic E-state index is 0.416. The second kappa shape index (κ2) is 4.64. The maximum Gasteiger partial charge on any atom is 0.453 e. The van der Waals surface area contributed by atoms with E-state index < -0.39 is 12.0 Å². The smallest absolute Gasteiger partial charge is 0.294 e. The average molecular weight is 248 g/mol. The molecule has 0 aromatic carbocycles. The Morgan fingerprint density at radius 2 is 2.06 bits per heavy atom. The van der Waals surface area contributed by atoms with E-state index in [0.29, 0.717) is 18.9 Å². The lowest BCUT2D eigenvalue weighted by Crippen LogP contribution is -2.34. The number of alkyl halides is 3. The Hall–Kier alpha value is -1.11. The van der Waals surface area contributed by atoms with Gasteiger partial charge in [-0.2, -0.15) is 13.2 Å². The van der Waals surface area contributed by atoms with E-state index in [1.54, 1.807) is 0 Å². The zero-order valence-electron chi connectivity index (χ0n) is 9.67. The number of aromatic nitrogens is 3. The van der Waals surface area contributed by atoms with Gasteiger partial charge < -0.3 is 0 Å². The van der Waals surface area contributed by atoms with Crippen molar-refractivity contribution in [2.24, 2.45) is 0 Å². The molecule has 96 valence electrons. The summed E-state index contributed by atoms with van der Waals surface area (Å²) in [5.74, 6) is -0.607. The molecule has 1 aliphatic heterocycles. The van der Waals surface area contributed by atoms with Crippen LogP contribution in [0.15, 0.2) is 0 Å². The van der Waals surface area contributed by atoms with Gasteiger partial charge in [-0.15, -0.1) is 5.10 Å². The van der Waals surface area contributed by atoms with Crippen LogP contribution in [-0.4, -0.2) is 32.8 Å². The minimum atomic E-state index is -4.45. The van der Waals surface area contributed by atoms with Crippen LogP contribution >= 0.6 is 0 Å². The van der Waals surface area contributed by atoms with E-state index in [4.69, 9.17) is 0 Å². The standard InChI is InChI=1S/C10H15F3N4/c1-2-3-4-16-5-6-17-8(7-16)14-9(15-17)10(11,12)13/h2-7H2,1H3. The fourth-order valence-electron chi connectivity index (χ4n) is 1.88. The molecule has 0 fully saturated rings. The molecule has 0 spiro atoms. The molecule has 1 aromatic rings. The van der Waals surface area contributed by atoms with E-state index >= 15 is 0 Å². The van der Waals surface area contributed by atoms with Crippen LogP contribution < -0.4 is 0 Å². The van der Waals surface area contributed by atoms with Gasteiger partial charge in [0.15, 0.2) is 0 Å². The lowest BCUT2D eigenvalue weighted by Gasteiger charge is -2.26. The van der Waals surface area contributed by atoms with Gasteiger partial charge in [-0.05, 0) is 13.0 Å². The highest BCUT2D eigenvalue weighted by molar-refractivity contribution is 4.98. The van der Waals surface area contributed by atoms with Crippen molar-refractivity contribution < 1.29 is 13.2 Å². The Balaban J connectivity index is 2.08. The largest absolute Gasteiger partial charge is 0.453 e. The van der Waals surface area contributed by atoms with Gasteiger partial charge in [0.2, 0.25) is 0 Å². The van der Waals surface area contributed by atoms with E-state index in [-0.39, 0.29) is 0 Å². The molecule has 2 rings (SSSR count). The second-order valence-electron chi connectivity index (χ2n) is 4.20. The normalized spacial score (nSPS) is 17.2. The molecule has 0 radical (unpaired) electrons. The fourth-order valence-corrected chi connectivity index (χ4v) is 1.88. The molecule has 0 bridgehead atoms. The third kappa shape index (κ3) is 2.77. The number of hydrogen-bond donors (Lipinski definition) is 0. The number of rotatable bonds is 3. The molecule has 0 saturated carbocycles. The summed E-state index contributed by atoms with van der Waals surface area (Å²) in [5.41, 5.74) is 0. The van der Waals surface area contributed by atoms with E-state index in [0.717, 1.165) is 25.9 Å². The predicted molar refractivity (Wildman–Crippen MR) is 55.2 cm³/mol. The quantitative estimate of drug-likeness (QED) is 0.819. The maximum atomic E-state index is 12.4. The number of nitrogens with zero attached hydrogens (tertiary/aromatic N) is 4. The van der Waals surface area contributed by atoms with E-state index in [9.17, 15) is 13.2 Å². The van der Waals surface area contributed by atoms with Crippen LogP contribution in [0, 0.1) is 0 Å². The molecule has 17 heavy (non-hydrogen) atoms. The third-order valence-electron chi connectivity index (χ3n) is 2.82. The van der Waals surface area contributed by atoms with Crippen LogP contribution in [-0.2, 0) is 19.3 Å². The minimum Gasteiger partial charge on any atom is -0.294 e. The van der Waals surface area contributed by atoms with Crippen LogP contribution in [0.4, 0.5) is 13.2 Å². The molecular formula is C10H15F3N4. The number of halogens is 3. The van der Waals surface area contributed by atoms with Gasteiger partial charge in [0, 0.05) is 6.54 Å². The van der Waals surface area contributed by atoms with Crippen molar-refractivity contribution in [2.75, 3.05) is 13.1 Å². The first kappa shape index (κ1) is 12.3. The van der Waals surface area contributed by atoms with E-state index in [1.165, 1.54) is 4.68 Å². The molecule has 0 atom stereocenters. The highest BCUT2D eigenvalue weighted by Gasteiger charge is 2.37. The SMILES string of the molecule is CCCCN1CCn2nc(C(F)(F)F)nc2C1. The molecule has 1 aromatic heterocycles. The summed E-state index contributed by atoms with van der Waals surface area (Å²) in [6, 6.07) is 0. The van der Waals surface area contributed by atoms with Gasteiger partial charge in [0.1, 0.15) is 5.82 Å². The molecule has 0 amide bonds. The number of unbranched alkanes of at least 4 members (excludes halogenated alkanes) is 1. The molecule has 0 unspecified atom stereocenters. The molecular weight excluding hydrogens is 233 g/mol. The summed E-state index contributed by atoms with van der Waals surface area (Å²) in [5, 5.41) is 3.49.